The maximum Gasteiger partial charge on any atom is 0.190 e. The standard InChI is InChI=1S/C13H11ClN4S/c1-8-3-5-9(6-4-8)16-12-10(7-15)11(14)17-13(18-12)19-2/h3-6H,1-2H3,(H,16,17,18). The van der Waals surface area contributed by atoms with Gasteiger partial charge in [-0.05, 0) is 25.3 Å². The molecule has 0 fully saturated rings. The number of thioether (sulfide) groups is 1. The Balaban J connectivity index is 2.41. The molecule has 0 amide bonds. The molecule has 1 N–H and O–H groups in total. The lowest BCUT2D eigenvalue weighted by atomic mass is 10.2. The van der Waals surface area contributed by atoms with Crippen molar-refractivity contribution < 1.29 is 0 Å². The number of aromatic nitrogens is 2. The van der Waals surface area contributed by atoms with Crippen LogP contribution in [-0.2, 0) is 0 Å². The van der Waals surface area contributed by atoms with Crippen LogP contribution < -0.4 is 5.32 Å². The zero-order chi connectivity index (χ0) is 13.8. The molecule has 1 aromatic carbocycles. The van der Waals surface area contributed by atoms with Gasteiger partial charge >= 0.3 is 0 Å². The third kappa shape index (κ3) is 3.16. The lowest BCUT2D eigenvalue weighted by Crippen LogP contribution is -2.01. The van der Waals surface area contributed by atoms with Crippen LogP contribution in [0.15, 0.2) is 29.4 Å². The van der Waals surface area contributed by atoms with E-state index < -0.39 is 0 Å². The lowest BCUT2D eigenvalue weighted by Gasteiger charge is -2.09. The molecule has 19 heavy (non-hydrogen) atoms. The van der Waals surface area contributed by atoms with Crippen LogP contribution in [0.4, 0.5) is 11.5 Å². The van der Waals surface area contributed by atoms with Gasteiger partial charge in [-0.2, -0.15) is 5.26 Å². The Morgan fingerprint density at radius 1 is 1.26 bits per heavy atom. The highest BCUT2D eigenvalue weighted by Gasteiger charge is 2.12. The SMILES string of the molecule is CSc1nc(Cl)c(C#N)c(Nc2ccc(C)cc2)n1. The third-order valence-electron chi connectivity index (χ3n) is 2.45. The smallest absolute Gasteiger partial charge is 0.190 e. The number of nitriles is 1. The van der Waals surface area contributed by atoms with E-state index >= 15 is 0 Å². The van der Waals surface area contributed by atoms with Crippen LogP contribution in [0.3, 0.4) is 0 Å². The van der Waals surface area contributed by atoms with Crippen LogP contribution in [0.2, 0.25) is 5.15 Å². The van der Waals surface area contributed by atoms with Crippen LogP contribution in [-0.4, -0.2) is 16.2 Å². The van der Waals surface area contributed by atoms with Crippen molar-refractivity contribution in [3.05, 3.63) is 40.5 Å². The minimum Gasteiger partial charge on any atom is -0.339 e. The molecule has 0 saturated heterocycles. The van der Waals surface area contributed by atoms with Gasteiger partial charge in [0, 0.05) is 5.69 Å². The van der Waals surface area contributed by atoms with Gasteiger partial charge in [0.25, 0.3) is 0 Å². The molecule has 0 bridgehead atoms. The summed E-state index contributed by atoms with van der Waals surface area (Å²) in [5.74, 6) is 0.427. The quantitative estimate of drug-likeness (QED) is 0.529. The van der Waals surface area contributed by atoms with E-state index in [1.165, 1.54) is 11.8 Å². The second kappa shape index (κ2) is 5.91. The number of hydrogen-bond acceptors (Lipinski definition) is 5. The fourth-order valence-electron chi connectivity index (χ4n) is 1.47. The number of anilines is 2. The molecule has 2 aromatic rings. The number of nitrogens with zero attached hydrogens (tertiary/aromatic N) is 3. The van der Waals surface area contributed by atoms with Gasteiger partial charge in [0.05, 0.1) is 0 Å². The Morgan fingerprint density at radius 2 is 1.95 bits per heavy atom. The average Bonchev–Trinajstić information content (AvgIpc) is 2.41. The van der Waals surface area contributed by atoms with Crippen molar-refractivity contribution in [1.29, 1.82) is 5.26 Å². The number of rotatable bonds is 3. The second-order valence-corrected chi connectivity index (χ2v) is 4.96. The molecule has 0 atom stereocenters. The second-order valence-electron chi connectivity index (χ2n) is 3.83. The van der Waals surface area contributed by atoms with E-state index in [0.29, 0.717) is 11.0 Å². The van der Waals surface area contributed by atoms with Crippen molar-refractivity contribution in [2.24, 2.45) is 0 Å². The fraction of sp³-hybridized carbons (Fsp3) is 0.154. The summed E-state index contributed by atoms with van der Waals surface area (Å²) in [5, 5.41) is 12.9. The highest BCUT2D eigenvalue weighted by Crippen LogP contribution is 2.26. The van der Waals surface area contributed by atoms with Crippen LogP contribution in [0.1, 0.15) is 11.1 Å². The van der Waals surface area contributed by atoms with E-state index in [1.54, 1.807) is 0 Å². The van der Waals surface area contributed by atoms with Gasteiger partial charge in [0.1, 0.15) is 11.6 Å². The lowest BCUT2D eigenvalue weighted by molar-refractivity contribution is 0.969. The van der Waals surface area contributed by atoms with Gasteiger partial charge in [-0.1, -0.05) is 41.1 Å². The molecule has 0 saturated carbocycles. The van der Waals surface area contributed by atoms with E-state index in [9.17, 15) is 0 Å². The van der Waals surface area contributed by atoms with Crippen molar-refractivity contribution in [2.45, 2.75) is 12.1 Å². The predicted molar refractivity (Wildman–Crippen MR) is 78.0 cm³/mol. The number of benzene rings is 1. The van der Waals surface area contributed by atoms with Crippen LogP contribution >= 0.6 is 23.4 Å². The van der Waals surface area contributed by atoms with Crippen molar-refractivity contribution in [2.75, 3.05) is 11.6 Å². The first-order valence-electron chi connectivity index (χ1n) is 5.49. The van der Waals surface area contributed by atoms with E-state index in [2.05, 4.69) is 15.3 Å². The number of nitrogens with one attached hydrogen (secondary N) is 1. The summed E-state index contributed by atoms with van der Waals surface area (Å²) in [6.07, 6.45) is 1.85. The average molecular weight is 291 g/mol. The van der Waals surface area contributed by atoms with Crippen molar-refractivity contribution in [1.82, 2.24) is 9.97 Å². The van der Waals surface area contributed by atoms with Gasteiger partial charge in [0.15, 0.2) is 16.1 Å². The van der Waals surface area contributed by atoms with E-state index in [0.717, 1.165) is 11.3 Å². The van der Waals surface area contributed by atoms with E-state index in [4.69, 9.17) is 16.9 Å². The largest absolute Gasteiger partial charge is 0.339 e. The molecule has 0 aliphatic carbocycles. The Morgan fingerprint density at radius 3 is 2.53 bits per heavy atom. The Bertz CT molecular complexity index is 634. The Hall–Kier alpha value is -1.77. The molecule has 0 unspecified atom stereocenters. The minimum atomic E-state index is 0.163. The zero-order valence-corrected chi connectivity index (χ0v) is 12.0. The minimum absolute atomic E-state index is 0.163. The fourth-order valence-corrected chi connectivity index (χ4v) is 2.10. The summed E-state index contributed by atoms with van der Waals surface area (Å²) in [7, 11) is 0. The van der Waals surface area contributed by atoms with Crippen LogP contribution in [0.25, 0.3) is 0 Å². The zero-order valence-electron chi connectivity index (χ0n) is 10.4. The third-order valence-corrected chi connectivity index (χ3v) is 3.27. The van der Waals surface area contributed by atoms with E-state index in [-0.39, 0.29) is 10.7 Å². The molecular weight excluding hydrogens is 280 g/mol. The summed E-state index contributed by atoms with van der Waals surface area (Å²) < 4.78 is 0. The van der Waals surface area contributed by atoms with Gasteiger partial charge in [-0.3, -0.25) is 0 Å². The topological polar surface area (TPSA) is 61.6 Å². The predicted octanol–water partition coefficient (Wildman–Crippen LogP) is 3.78. The monoisotopic (exact) mass is 290 g/mol. The molecule has 0 spiro atoms. The molecule has 6 heteroatoms. The van der Waals surface area contributed by atoms with Gasteiger partial charge in [-0.25, -0.2) is 9.97 Å². The Labute approximate surface area is 120 Å². The van der Waals surface area contributed by atoms with Crippen molar-refractivity contribution in [3.63, 3.8) is 0 Å². The highest BCUT2D eigenvalue weighted by atomic mass is 35.5. The van der Waals surface area contributed by atoms with Gasteiger partial charge in [-0.15, -0.1) is 0 Å². The number of aryl methyl sites for hydroxylation is 1. The molecule has 2 rings (SSSR count). The molecule has 0 aliphatic heterocycles. The molecule has 96 valence electrons. The molecule has 0 aliphatic rings. The summed E-state index contributed by atoms with van der Waals surface area (Å²) >= 11 is 7.35. The highest BCUT2D eigenvalue weighted by molar-refractivity contribution is 7.98. The number of hydrogen-bond donors (Lipinski definition) is 1. The summed E-state index contributed by atoms with van der Waals surface area (Å²) in [4.78, 5) is 8.31. The Kier molecular flexibility index (Phi) is 4.25. The van der Waals surface area contributed by atoms with Crippen LogP contribution in [0, 0.1) is 18.3 Å². The first-order chi connectivity index (χ1) is 9.13. The summed E-state index contributed by atoms with van der Waals surface area (Å²) in [6, 6.07) is 9.82. The molecule has 4 nitrogen and oxygen atoms in total. The van der Waals surface area contributed by atoms with Gasteiger partial charge in [0.2, 0.25) is 0 Å². The molecule has 1 heterocycles. The van der Waals surface area contributed by atoms with Crippen molar-refractivity contribution in [3.8, 4) is 6.07 Å². The van der Waals surface area contributed by atoms with Crippen LogP contribution in [0.5, 0.6) is 0 Å². The maximum atomic E-state index is 9.12. The van der Waals surface area contributed by atoms with Gasteiger partial charge < -0.3 is 5.32 Å². The first kappa shape index (κ1) is 13.7. The summed E-state index contributed by atoms with van der Waals surface area (Å²) in [6.45, 7) is 2.01. The maximum absolute atomic E-state index is 9.12. The molecule has 0 radical (unpaired) electrons. The molecule has 1 aromatic heterocycles. The van der Waals surface area contributed by atoms with Crippen molar-refractivity contribution >= 4 is 34.9 Å². The summed E-state index contributed by atoms with van der Waals surface area (Å²) in [5.41, 5.74) is 2.26. The molecular formula is C13H11ClN4S. The van der Waals surface area contributed by atoms with E-state index in [1.807, 2.05) is 43.5 Å². The normalized spacial score (nSPS) is 10.0. The first-order valence-corrected chi connectivity index (χ1v) is 7.09. The number of halogens is 1.